The molecule has 1 heterocycles. The minimum atomic E-state index is -4.46. The summed E-state index contributed by atoms with van der Waals surface area (Å²) in [7, 11) is 1.42. The van der Waals surface area contributed by atoms with E-state index in [4.69, 9.17) is 9.15 Å². The van der Waals surface area contributed by atoms with Crippen molar-refractivity contribution in [3.63, 3.8) is 0 Å². The van der Waals surface area contributed by atoms with Crippen molar-refractivity contribution in [3.8, 4) is 11.3 Å². The van der Waals surface area contributed by atoms with Gasteiger partial charge in [0, 0.05) is 19.2 Å². The second-order valence-corrected chi connectivity index (χ2v) is 5.06. The molecule has 1 unspecified atom stereocenters. The van der Waals surface area contributed by atoms with Gasteiger partial charge in [0.25, 0.3) is 5.91 Å². The van der Waals surface area contributed by atoms with Gasteiger partial charge >= 0.3 is 6.18 Å². The Hall–Kier alpha value is -2.32. The predicted octanol–water partition coefficient (Wildman–Crippen LogP) is 2.70. The summed E-state index contributed by atoms with van der Waals surface area (Å²) < 4.78 is 48.2. The number of aliphatic hydroxyl groups excluding tert-OH is 1. The number of amides is 1. The highest BCUT2D eigenvalue weighted by molar-refractivity contribution is 5.92. The number of nitrogens with one attached hydrogen (secondary N) is 1. The smallest absolute Gasteiger partial charge is 0.416 e. The van der Waals surface area contributed by atoms with Crippen molar-refractivity contribution in [2.45, 2.75) is 12.3 Å². The SMILES string of the molecule is COCC(O)CNC(=O)c1ccc(-c2cccc(C(F)(F)F)c2)o1. The lowest BCUT2D eigenvalue weighted by Gasteiger charge is -2.09. The Morgan fingerprint density at radius 1 is 1.33 bits per heavy atom. The molecule has 1 aromatic heterocycles. The van der Waals surface area contributed by atoms with Crippen LogP contribution in [0, 0.1) is 0 Å². The van der Waals surface area contributed by atoms with Crippen molar-refractivity contribution in [3.05, 3.63) is 47.7 Å². The number of alkyl halides is 3. The van der Waals surface area contributed by atoms with Gasteiger partial charge in [-0.3, -0.25) is 4.79 Å². The molecular weight excluding hydrogens is 327 g/mol. The van der Waals surface area contributed by atoms with E-state index in [0.717, 1.165) is 12.1 Å². The molecule has 2 rings (SSSR count). The minimum absolute atomic E-state index is 0.0355. The van der Waals surface area contributed by atoms with Gasteiger partial charge in [-0.1, -0.05) is 12.1 Å². The average Bonchev–Trinajstić information content (AvgIpc) is 3.02. The summed E-state index contributed by atoms with van der Waals surface area (Å²) in [5.41, 5.74) is -0.589. The largest absolute Gasteiger partial charge is 0.451 e. The number of carbonyl (C=O) groups is 1. The van der Waals surface area contributed by atoms with Gasteiger partial charge in [-0.05, 0) is 24.3 Å². The third kappa shape index (κ3) is 4.59. The Balaban J connectivity index is 2.09. The summed E-state index contributed by atoms with van der Waals surface area (Å²) in [5.74, 6) is -0.501. The van der Waals surface area contributed by atoms with Crippen LogP contribution in [0.4, 0.5) is 13.2 Å². The van der Waals surface area contributed by atoms with E-state index in [1.165, 1.54) is 31.4 Å². The first kappa shape index (κ1) is 18.0. The zero-order chi connectivity index (χ0) is 17.7. The number of hydrogen-bond donors (Lipinski definition) is 2. The molecule has 0 bridgehead atoms. The highest BCUT2D eigenvalue weighted by atomic mass is 19.4. The number of halogens is 3. The summed E-state index contributed by atoms with van der Waals surface area (Å²) in [4.78, 5) is 11.9. The van der Waals surface area contributed by atoms with Crippen LogP contribution < -0.4 is 5.32 Å². The molecule has 0 spiro atoms. The number of aliphatic hydroxyl groups is 1. The van der Waals surface area contributed by atoms with Gasteiger partial charge < -0.3 is 19.6 Å². The minimum Gasteiger partial charge on any atom is -0.451 e. The van der Waals surface area contributed by atoms with Crippen LogP contribution in [-0.2, 0) is 10.9 Å². The Bertz CT molecular complexity index is 697. The fourth-order valence-electron chi connectivity index (χ4n) is 2.01. The third-order valence-electron chi connectivity index (χ3n) is 3.16. The van der Waals surface area contributed by atoms with E-state index in [1.54, 1.807) is 0 Å². The van der Waals surface area contributed by atoms with Crippen molar-refractivity contribution in [1.29, 1.82) is 0 Å². The third-order valence-corrected chi connectivity index (χ3v) is 3.16. The lowest BCUT2D eigenvalue weighted by molar-refractivity contribution is -0.137. The molecule has 0 aliphatic heterocycles. The maximum Gasteiger partial charge on any atom is 0.416 e. The van der Waals surface area contributed by atoms with Crippen molar-refractivity contribution < 1.29 is 32.2 Å². The molecule has 8 heteroatoms. The quantitative estimate of drug-likeness (QED) is 0.846. The molecule has 24 heavy (non-hydrogen) atoms. The lowest BCUT2D eigenvalue weighted by atomic mass is 10.1. The van der Waals surface area contributed by atoms with Gasteiger partial charge in [-0.2, -0.15) is 13.2 Å². The highest BCUT2D eigenvalue weighted by Crippen LogP contribution is 2.32. The fourth-order valence-corrected chi connectivity index (χ4v) is 2.01. The first-order valence-electron chi connectivity index (χ1n) is 7.04. The zero-order valence-corrected chi connectivity index (χ0v) is 12.8. The molecule has 0 saturated carbocycles. The van der Waals surface area contributed by atoms with Crippen molar-refractivity contribution >= 4 is 5.91 Å². The van der Waals surface area contributed by atoms with Crippen LogP contribution >= 0.6 is 0 Å². The van der Waals surface area contributed by atoms with Gasteiger partial charge in [0.05, 0.1) is 18.3 Å². The molecular formula is C16H16F3NO4. The van der Waals surface area contributed by atoms with E-state index in [-0.39, 0.29) is 30.2 Å². The molecule has 0 saturated heterocycles. The molecule has 2 N–H and O–H groups in total. The first-order valence-corrected chi connectivity index (χ1v) is 7.04. The van der Waals surface area contributed by atoms with E-state index < -0.39 is 23.8 Å². The second kappa shape index (κ2) is 7.50. The van der Waals surface area contributed by atoms with Crippen LogP contribution in [0.2, 0.25) is 0 Å². The van der Waals surface area contributed by atoms with Crippen molar-refractivity contribution in [2.24, 2.45) is 0 Å². The molecule has 2 aromatic rings. The zero-order valence-electron chi connectivity index (χ0n) is 12.8. The van der Waals surface area contributed by atoms with Gasteiger partial charge in [0.1, 0.15) is 5.76 Å². The maximum absolute atomic E-state index is 12.7. The van der Waals surface area contributed by atoms with Crippen molar-refractivity contribution in [2.75, 3.05) is 20.3 Å². The van der Waals surface area contributed by atoms with Crippen LogP contribution in [0.5, 0.6) is 0 Å². The first-order chi connectivity index (χ1) is 11.3. The molecule has 1 amide bonds. The molecule has 0 aliphatic carbocycles. The predicted molar refractivity (Wildman–Crippen MR) is 79.4 cm³/mol. The number of furan rings is 1. The molecule has 1 atom stereocenters. The summed E-state index contributed by atoms with van der Waals surface area (Å²) in [6.07, 6.45) is -5.32. The van der Waals surface area contributed by atoms with E-state index in [2.05, 4.69) is 5.32 Å². The van der Waals surface area contributed by atoms with E-state index in [1.807, 2.05) is 0 Å². The number of benzene rings is 1. The Kier molecular flexibility index (Phi) is 5.63. The van der Waals surface area contributed by atoms with Crippen LogP contribution in [0.1, 0.15) is 16.1 Å². The summed E-state index contributed by atoms with van der Waals surface area (Å²) in [5, 5.41) is 11.9. The Morgan fingerprint density at radius 2 is 2.08 bits per heavy atom. The number of carbonyl (C=O) groups excluding carboxylic acids is 1. The van der Waals surface area contributed by atoms with Crippen LogP contribution in [0.3, 0.4) is 0 Å². The monoisotopic (exact) mass is 343 g/mol. The van der Waals surface area contributed by atoms with Crippen LogP contribution in [0.25, 0.3) is 11.3 Å². The molecule has 0 radical (unpaired) electrons. The number of rotatable bonds is 6. The second-order valence-electron chi connectivity index (χ2n) is 5.06. The molecule has 1 aromatic carbocycles. The maximum atomic E-state index is 12.7. The van der Waals surface area contributed by atoms with Gasteiger partial charge in [0.2, 0.25) is 0 Å². The lowest BCUT2D eigenvalue weighted by Crippen LogP contribution is -2.34. The average molecular weight is 343 g/mol. The fraction of sp³-hybridized carbons (Fsp3) is 0.312. The Labute approximate surface area is 136 Å². The standard InChI is InChI=1S/C16H16F3NO4/c1-23-9-12(21)8-20-15(22)14-6-5-13(24-14)10-3-2-4-11(7-10)16(17,18)19/h2-7,12,21H,8-9H2,1H3,(H,20,22). The summed E-state index contributed by atoms with van der Waals surface area (Å²) >= 11 is 0. The van der Waals surface area contributed by atoms with E-state index in [0.29, 0.717) is 0 Å². The molecule has 0 fully saturated rings. The topological polar surface area (TPSA) is 71.7 Å². The normalized spacial score (nSPS) is 12.9. The summed E-state index contributed by atoms with van der Waals surface area (Å²) in [6, 6.07) is 7.39. The molecule has 0 aliphatic rings. The van der Waals surface area contributed by atoms with Crippen LogP contribution in [-0.4, -0.2) is 37.4 Å². The Morgan fingerprint density at radius 3 is 2.75 bits per heavy atom. The van der Waals surface area contributed by atoms with Gasteiger partial charge in [-0.15, -0.1) is 0 Å². The molecule has 5 nitrogen and oxygen atoms in total. The van der Waals surface area contributed by atoms with E-state index >= 15 is 0 Å². The number of methoxy groups -OCH3 is 1. The van der Waals surface area contributed by atoms with Gasteiger partial charge in [-0.25, -0.2) is 0 Å². The van der Waals surface area contributed by atoms with Crippen LogP contribution in [0.15, 0.2) is 40.8 Å². The number of ether oxygens (including phenoxy) is 1. The highest BCUT2D eigenvalue weighted by Gasteiger charge is 2.30. The van der Waals surface area contributed by atoms with Crippen molar-refractivity contribution in [1.82, 2.24) is 5.32 Å². The van der Waals surface area contributed by atoms with E-state index in [9.17, 15) is 23.1 Å². The summed E-state index contributed by atoms with van der Waals surface area (Å²) in [6.45, 7) is 0.0280. The van der Waals surface area contributed by atoms with Gasteiger partial charge in [0.15, 0.2) is 5.76 Å². The molecule has 130 valence electrons. The number of hydrogen-bond acceptors (Lipinski definition) is 4.